The largest absolute Gasteiger partial charge is 0.497 e. The molecule has 116 valence electrons. The van der Waals surface area contributed by atoms with Gasteiger partial charge in [0.1, 0.15) is 11.5 Å². The lowest BCUT2D eigenvalue weighted by atomic mass is 10.1. The highest BCUT2D eigenvalue weighted by molar-refractivity contribution is 6.00. The minimum absolute atomic E-state index is 0.0344. The van der Waals surface area contributed by atoms with Crippen molar-refractivity contribution >= 4 is 5.78 Å². The molecule has 0 aliphatic rings. The van der Waals surface area contributed by atoms with E-state index in [4.69, 9.17) is 9.47 Å². The number of carbonyl (C=O) groups is 1. The number of ketones is 1. The Balaban J connectivity index is 1.79. The van der Waals surface area contributed by atoms with Crippen LogP contribution >= 0.6 is 0 Å². The first-order valence-electron chi connectivity index (χ1n) is 7.24. The number of hydrogen-bond acceptors (Lipinski definition) is 4. The van der Waals surface area contributed by atoms with Crippen LogP contribution in [0.25, 0.3) is 0 Å². The normalized spacial score (nSPS) is 10.3. The van der Waals surface area contributed by atoms with Gasteiger partial charge in [0.2, 0.25) is 0 Å². The average Bonchev–Trinajstić information content (AvgIpc) is 2.59. The van der Waals surface area contributed by atoms with Gasteiger partial charge in [0.15, 0.2) is 5.78 Å². The molecule has 2 aromatic rings. The Morgan fingerprint density at radius 3 is 2.41 bits per heavy atom. The first-order valence-corrected chi connectivity index (χ1v) is 7.24. The highest BCUT2D eigenvalue weighted by atomic mass is 16.5. The third kappa shape index (κ3) is 4.33. The van der Waals surface area contributed by atoms with Gasteiger partial charge in [-0.2, -0.15) is 0 Å². The van der Waals surface area contributed by atoms with E-state index in [0.29, 0.717) is 17.9 Å². The molecule has 0 bridgehead atoms. The van der Waals surface area contributed by atoms with Crippen molar-refractivity contribution in [1.82, 2.24) is 5.32 Å². The van der Waals surface area contributed by atoms with Crippen LogP contribution in [0.4, 0.5) is 0 Å². The summed E-state index contributed by atoms with van der Waals surface area (Å²) in [6.07, 6.45) is 0.864. The molecule has 2 rings (SSSR count). The van der Waals surface area contributed by atoms with E-state index in [9.17, 15) is 4.79 Å². The number of hydrogen-bond donors (Lipinski definition) is 1. The molecule has 0 atom stereocenters. The zero-order valence-corrected chi connectivity index (χ0v) is 13.0. The molecule has 0 spiro atoms. The van der Waals surface area contributed by atoms with E-state index in [1.54, 1.807) is 26.4 Å². The molecule has 0 radical (unpaired) electrons. The van der Waals surface area contributed by atoms with Gasteiger partial charge < -0.3 is 14.8 Å². The molecule has 0 saturated heterocycles. The van der Waals surface area contributed by atoms with Crippen LogP contribution < -0.4 is 14.8 Å². The second-order valence-corrected chi connectivity index (χ2v) is 4.90. The minimum atomic E-state index is 0.0344. The molecule has 0 heterocycles. The molecule has 1 N–H and O–H groups in total. The van der Waals surface area contributed by atoms with Crippen molar-refractivity contribution in [3.63, 3.8) is 0 Å². The van der Waals surface area contributed by atoms with Gasteiger partial charge in [0.25, 0.3) is 0 Å². The van der Waals surface area contributed by atoms with Crippen LogP contribution in [0.1, 0.15) is 15.9 Å². The Morgan fingerprint density at radius 1 is 1.00 bits per heavy atom. The van der Waals surface area contributed by atoms with Gasteiger partial charge in [-0.1, -0.05) is 24.3 Å². The SMILES string of the molecule is COc1ccc(CCNCC(=O)c2ccccc2OC)cc1. The van der Waals surface area contributed by atoms with Gasteiger partial charge in [0, 0.05) is 0 Å². The minimum Gasteiger partial charge on any atom is -0.497 e. The smallest absolute Gasteiger partial charge is 0.180 e. The fraction of sp³-hybridized carbons (Fsp3) is 0.278. The molecule has 0 unspecified atom stereocenters. The standard InChI is InChI=1S/C18H21NO3/c1-21-15-9-7-14(8-10-15)11-12-19-13-17(20)16-5-3-4-6-18(16)22-2/h3-10,19H,11-13H2,1-2H3. The van der Waals surface area contributed by atoms with Crippen LogP contribution in [-0.2, 0) is 6.42 Å². The molecule has 0 aliphatic heterocycles. The molecule has 2 aromatic carbocycles. The van der Waals surface area contributed by atoms with E-state index in [2.05, 4.69) is 5.32 Å². The number of benzene rings is 2. The second-order valence-electron chi connectivity index (χ2n) is 4.90. The average molecular weight is 299 g/mol. The van der Waals surface area contributed by atoms with Crippen LogP contribution in [0.2, 0.25) is 0 Å². The lowest BCUT2D eigenvalue weighted by molar-refractivity contribution is 0.0988. The number of Topliss-reactive ketones (excluding diaryl/α,β-unsaturated/α-hetero) is 1. The van der Waals surface area contributed by atoms with Gasteiger partial charge in [-0.05, 0) is 42.8 Å². The van der Waals surface area contributed by atoms with Crippen LogP contribution in [0, 0.1) is 0 Å². The van der Waals surface area contributed by atoms with Gasteiger partial charge >= 0.3 is 0 Å². The summed E-state index contributed by atoms with van der Waals surface area (Å²) in [5.41, 5.74) is 1.82. The quantitative estimate of drug-likeness (QED) is 0.601. The zero-order chi connectivity index (χ0) is 15.8. The highest BCUT2D eigenvalue weighted by Crippen LogP contribution is 2.17. The van der Waals surface area contributed by atoms with E-state index in [0.717, 1.165) is 18.7 Å². The Kier molecular flexibility index (Phi) is 5.98. The first kappa shape index (κ1) is 16.0. The lowest BCUT2D eigenvalue weighted by Gasteiger charge is -2.08. The van der Waals surface area contributed by atoms with Crippen LogP contribution in [0.5, 0.6) is 11.5 Å². The monoisotopic (exact) mass is 299 g/mol. The fourth-order valence-electron chi connectivity index (χ4n) is 2.20. The third-order valence-electron chi connectivity index (χ3n) is 3.44. The van der Waals surface area contributed by atoms with E-state index in [1.807, 2.05) is 36.4 Å². The first-order chi connectivity index (χ1) is 10.7. The van der Waals surface area contributed by atoms with Crippen LogP contribution in [0.15, 0.2) is 48.5 Å². The molecule has 0 fully saturated rings. The molecule has 22 heavy (non-hydrogen) atoms. The maximum atomic E-state index is 12.2. The molecule has 0 saturated carbocycles. The van der Waals surface area contributed by atoms with E-state index in [1.165, 1.54) is 5.56 Å². The maximum Gasteiger partial charge on any atom is 0.180 e. The van der Waals surface area contributed by atoms with Crippen molar-refractivity contribution in [2.45, 2.75) is 6.42 Å². The predicted molar refractivity (Wildman–Crippen MR) is 86.9 cm³/mol. The van der Waals surface area contributed by atoms with Gasteiger partial charge in [-0.25, -0.2) is 0 Å². The number of ether oxygens (including phenoxy) is 2. The van der Waals surface area contributed by atoms with Crippen LogP contribution in [-0.4, -0.2) is 33.1 Å². The van der Waals surface area contributed by atoms with E-state index >= 15 is 0 Å². The Bertz CT molecular complexity index is 608. The summed E-state index contributed by atoms with van der Waals surface area (Å²) in [7, 11) is 3.23. The Labute approximate surface area is 131 Å². The third-order valence-corrected chi connectivity index (χ3v) is 3.44. The lowest BCUT2D eigenvalue weighted by Crippen LogP contribution is -2.25. The Morgan fingerprint density at radius 2 is 1.73 bits per heavy atom. The number of nitrogens with one attached hydrogen (secondary N) is 1. The molecule has 4 heteroatoms. The zero-order valence-electron chi connectivity index (χ0n) is 13.0. The van der Waals surface area contributed by atoms with Crippen molar-refractivity contribution in [3.8, 4) is 11.5 Å². The van der Waals surface area contributed by atoms with Crippen molar-refractivity contribution in [2.75, 3.05) is 27.3 Å². The summed E-state index contributed by atoms with van der Waals surface area (Å²) < 4.78 is 10.3. The Hall–Kier alpha value is -2.33. The van der Waals surface area contributed by atoms with Gasteiger partial charge in [-0.3, -0.25) is 4.79 Å². The molecule has 0 amide bonds. The summed E-state index contributed by atoms with van der Waals surface area (Å²) in [5.74, 6) is 1.50. The molecule has 0 aliphatic carbocycles. The number of rotatable bonds is 8. The van der Waals surface area contributed by atoms with Crippen molar-refractivity contribution in [1.29, 1.82) is 0 Å². The van der Waals surface area contributed by atoms with Gasteiger partial charge in [0.05, 0.1) is 26.3 Å². The molecule has 4 nitrogen and oxygen atoms in total. The summed E-state index contributed by atoms with van der Waals surface area (Å²) in [6, 6.07) is 15.2. The number of para-hydroxylation sites is 1. The summed E-state index contributed by atoms with van der Waals surface area (Å²) >= 11 is 0. The number of carbonyl (C=O) groups excluding carboxylic acids is 1. The topological polar surface area (TPSA) is 47.6 Å². The van der Waals surface area contributed by atoms with Crippen LogP contribution in [0.3, 0.4) is 0 Å². The fourth-order valence-corrected chi connectivity index (χ4v) is 2.20. The van der Waals surface area contributed by atoms with Crippen molar-refractivity contribution in [3.05, 3.63) is 59.7 Å². The van der Waals surface area contributed by atoms with Crippen molar-refractivity contribution in [2.24, 2.45) is 0 Å². The molecular weight excluding hydrogens is 278 g/mol. The van der Waals surface area contributed by atoms with E-state index in [-0.39, 0.29) is 5.78 Å². The van der Waals surface area contributed by atoms with E-state index < -0.39 is 0 Å². The predicted octanol–water partition coefficient (Wildman–Crippen LogP) is 2.72. The highest BCUT2D eigenvalue weighted by Gasteiger charge is 2.10. The van der Waals surface area contributed by atoms with Crippen molar-refractivity contribution < 1.29 is 14.3 Å². The van der Waals surface area contributed by atoms with Gasteiger partial charge in [-0.15, -0.1) is 0 Å². The molecule has 0 aromatic heterocycles. The molecular formula is C18H21NO3. The summed E-state index contributed by atoms with van der Waals surface area (Å²) in [6.45, 7) is 1.05. The maximum absolute atomic E-state index is 12.2. The number of methoxy groups -OCH3 is 2. The second kappa shape index (κ2) is 8.20. The summed E-state index contributed by atoms with van der Waals surface area (Å²) in [5, 5.41) is 3.18. The summed E-state index contributed by atoms with van der Waals surface area (Å²) in [4.78, 5) is 12.2.